The quantitative estimate of drug-likeness (QED) is 0.545. The molecule has 186 valence electrons. The van der Waals surface area contributed by atoms with Crippen LogP contribution in [0.2, 0.25) is 0 Å². The average Bonchev–Trinajstić information content (AvgIpc) is 3.39. The number of carbonyl (C=O) groups is 1. The number of nitrogens with one attached hydrogen (secondary N) is 1. The summed E-state index contributed by atoms with van der Waals surface area (Å²) in [5.74, 6) is -0.213. The van der Waals surface area contributed by atoms with Gasteiger partial charge in [0.05, 0.1) is 37.0 Å². The van der Waals surface area contributed by atoms with Crippen LogP contribution in [0, 0.1) is 0 Å². The largest absolute Gasteiger partial charge is 0.377 e. The van der Waals surface area contributed by atoms with Crippen LogP contribution in [0.5, 0.6) is 0 Å². The molecule has 2 aliphatic rings. The van der Waals surface area contributed by atoms with E-state index >= 15 is 0 Å². The lowest BCUT2D eigenvalue weighted by atomic mass is 10.2. The molecule has 1 aromatic heterocycles. The molecule has 0 aliphatic carbocycles. The molecular weight excluding hydrogens is 486 g/mol. The van der Waals surface area contributed by atoms with Crippen LogP contribution >= 0.6 is 11.3 Å². The van der Waals surface area contributed by atoms with Crippen LogP contribution in [0.15, 0.2) is 64.9 Å². The van der Waals surface area contributed by atoms with Gasteiger partial charge in [-0.3, -0.25) is 10.1 Å². The van der Waals surface area contributed by atoms with Crippen molar-refractivity contribution in [3.05, 3.63) is 65.5 Å². The number of anilines is 1. The second-order valence-corrected chi connectivity index (χ2v) is 10.9. The first kappa shape index (κ1) is 25.5. The van der Waals surface area contributed by atoms with Crippen molar-refractivity contribution in [3.8, 4) is 11.3 Å². The Morgan fingerprint density at radius 2 is 1.51 bits per heavy atom. The van der Waals surface area contributed by atoms with Gasteiger partial charge in [-0.2, -0.15) is 4.31 Å². The summed E-state index contributed by atoms with van der Waals surface area (Å²) in [4.78, 5) is 17.0. The van der Waals surface area contributed by atoms with E-state index in [1.54, 1.807) is 40.7 Å². The molecular formula is C25H29N3O5S2. The number of nitrogens with zero attached hydrogens (tertiary/aromatic N) is 2. The maximum atomic E-state index is 12.8. The maximum Gasteiger partial charge on any atom is 0.257 e. The third-order valence-corrected chi connectivity index (χ3v) is 8.28. The van der Waals surface area contributed by atoms with Crippen molar-refractivity contribution < 1.29 is 22.7 Å². The van der Waals surface area contributed by atoms with Crippen LogP contribution in [-0.4, -0.2) is 63.1 Å². The van der Waals surface area contributed by atoms with Gasteiger partial charge >= 0.3 is 0 Å². The summed E-state index contributed by atoms with van der Waals surface area (Å²) in [6.45, 7) is 4.28. The number of aromatic nitrogens is 1. The van der Waals surface area contributed by atoms with E-state index in [-0.39, 0.29) is 5.91 Å². The van der Waals surface area contributed by atoms with E-state index in [0.29, 0.717) is 34.4 Å². The molecule has 0 bridgehead atoms. The number of carbonyl (C=O) groups excluding carboxylic acids is 1. The van der Waals surface area contributed by atoms with E-state index in [2.05, 4.69) is 10.3 Å². The molecule has 1 N–H and O–H groups in total. The lowest BCUT2D eigenvalue weighted by Crippen LogP contribution is -2.35. The van der Waals surface area contributed by atoms with Crippen molar-refractivity contribution in [1.29, 1.82) is 0 Å². The first-order valence-corrected chi connectivity index (χ1v) is 13.9. The lowest BCUT2D eigenvalue weighted by molar-refractivity contribution is -0.0334. The monoisotopic (exact) mass is 515 g/mol. The van der Waals surface area contributed by atoms with Crippen molar-refractivity contribution in [3.63, 3.8) is 0 Å². The van der Waals surface area contributed by atoms with Gasteiger partial charge in [-0.1, -0.05) is 36.8 Å². The van der Waals surface area contributed by atoms with Gasteiger partial charge in [0.15, 0.2) is 5.13 Å². The van der Waals surface area contributed by atoms with E-state index in [0.717, 1.165) is 51.3 Å². The molecule has 0 unspecified atom stereocenters. The van der Waals surface area contributed by atoms with Crippen molar-refractivity contribution >= 4 is 32.4 Å². The fourth-order valence-corrected chi connectivity index (χ4v) is 5.95. The van der Waals surface area contributed by atoms with Crippen LogP contribution in [-0.2, 0) is 19.5 Å². The van der Waals surface area contributed by atoms with Crippen molar-refractivity contribution in [2.75, 3.05) is 44.8 Å². The molecule has 2 aromatic carbocycles. The highest BCUT2D eigenvalue weighted by molar-refractivity contribution is 7.89. The normalized spacial score (nSPS) is 16.7. The molecule has 10 heteroatoms. The Bertz CT molecular complexity index is 1180. The van der Waals surface area contributed by atoms with Gasteiger partial charge in [-0.25, -0.2) is 13.4 Å². The molecule has 2 aliphatic heterocycles. The summed E-state index contributed by atoms with van der Waals surface area (Å²) >= 11 is 1.33. The molecule has 3 aromatic rings. The third kappa shape index (κ3) is 6.96. The van der Waals surface area contributed by atoms with Gasteiger partial charge in [-0.05, 0) is 37.1 Å². The van der Waals surface area contributed by atoms with Crippen LogP contribution in [0.3, 0.4) is 0 Å². The predicted octanol–water partition coefficient (Wildman–Crippen LogP) is 4.27. The second-order valence-electron chi connectivity index (χ2n) is 8.07. The van der Waals surface area contributed by atoms with Gasteiger partial charge in [0.1, 0.15) is 0 Å². The summed E-state index contributed by atoms with van der Waals surface area (Å²) in [5, 5.41) is 5.13. The number of amides is 1. The van der Waals surface area contributed by atoms with Gasteiger partial charge < -0.3 is 9.47 Å². The molecule has 0 spiro atoms. The smallest absolute Gasteiger partial charge is 0.257 e. The molecule has 2 fully saturated rings. The summed E-state index contributed by atoms with van der Waals surface area (Å²) in [6, 6.07) is 15.7. The number of benzene rings is 2. The number of hydrogen-bond donors (Lipinski definition) is 1. The standard InChI is InChI=1S/C21H21N3O3S2.C4H8O2/c25-20(17-7-3-1-4-8-17)23-21-22-19(15-28-21)16-9-11-18(12-10-16)29(26,27)24-13-5-2-6-14-24;1-2-6-4-3-5-1/h1,3-4,7-12,15H,2,5-6,13-14H2,(H,22,23,25);1-4H2. The maximum absolute atomic E-state index is 12.8. The first-order chi connectivity index (χ1) is 17.0. The topological polar surface area (TPSA) is 97.8 Å². The Balaban J connectivity index is 0.000000421. The Morgan fingerprint density at radius 1 is 0.886 bits per heavy atom. The summed E-state index contributed by atoms with van der Waals surface area (Å²) in [5.41, 5.74) is 2.07. The minimum absolute atomic E-state index is 0.213. The molecule has 0 saturated carbocycles. The molecule has 2 saturated heterocycles. The molecule has 1 amide bonds. The van der Waals surface area contributed by atoms with Crippen LogP contribution in [0.25, 0.3) is 11.3 Å². The fourth-order valence-electron chi connectivity index (χ4n) is 3.71. The van der Waals surface area contributed by atoms with Gasteiger partial charge in [0.25, 0.3) is 5.91 Å². The second kappa shape index (κ2) is 12.4. The SMILES string of the molecule is C1COCCO1.O=C(Nc1nc(-c2ccc(S(=O)(=O)N3CCCCC3)cc2)cs1)c1ccccc1. The van der Waals surface area contributed by atoms with E-state index in [1.807, 2.05) is 23.6 Å². The number of sulfonamides is 1. The highest BCUT2D eigenvalue weighted by atomic mass is 32.2. The Labute approximate surface area is 210 Å². The van der Waals surface area contributed by atoms with Crippen LogP contribution in [0.1, 0.15) is 29.6 Å². The Morgan fingerprint density at radius 3 is 2.11 bits per heavy atom. The van der Waals surface area contributed by atoms with Crippen molar-refractivity contribution in [2.24, 2.45) is 0 Å². The molecule has 3 heterocycles. The molecule has 5 rings (SSSR count). The zero-order chi connectivity index (χ0) is 24.5. The summed E-state index contributed by atoms with van der Waals surface area (Å²) < 4.78 is 37.0. The van der Waals surface area contributed by atoms with Crippen LogP contribution in [0.4, 0.5) is 5.13 Å². The average molecular weight is 516 g/mol. The zero-order valence-electron chi connectivity index (χ0n) is 19.4. The predicted molar refractivity (Wildman–Crippen MR) is 136 cm³/mol. The van der Waals surface area contributed by atoms with E-state index in [1.165, 1.54) is 11.3 Å². The van der Waals surface area contributed by atoms with E-state index in [4.69, 9.17) is 9.47 Å². The zero-order valence-corrected chi connectivity index (χ0v) is 21.0. The van der Waals surface area contributed by atoms with Gasteiger partial charge in [-0.15, -0.1) is 11.3 Å². The number of ether oxygens (including phenoxy) is 2. The molecule has 35 heavy (non-hydrogen) atoms. The van der Waals surface area contributed by atoms with Gasteiger partial charge in [0, 0.05) is 29.6 Å². The summed E-state index contributed by atoms with van der Waals surface area (Å²) in [7, 11) is -3.44. The van der Waals surface area contributed by atoms with Crippen molar-refractivity contribution in [2.45, 2.75) is 24.2 Å². The highest BCUT2D eigenvalue weighted by Gasteiger charge is 2.25. The minimum Gasteiger partial charge on any atom is -0.377 e. The first-order valence-electron chi connectivity index (χ1n) is 11.6. The lowest BCUT2D eigenvalue weighted by Gasteiger charge is -2.25. The number of piperidine rings is 1. The fraction of sp³-hybridized carbons (Fsp3) is 0.360. The van der Waals surface area contributed by atoms with E-state index in [9.17, 15) is 13.2 Å². The van der Waals surface area contributed by atoms with Gasteiger partial charge in [0.2, 0.25) is 10.0 Å². The highest BCUT2D eigenvalue weighted by Crippen LogP contribution is 2.27. The number of thiazole rings is 1. The Hall–Kier alpha value is -2.63. The third-order valence-electron chi connectivity index (χ3n) is 5.61. The number of rotatable bonds is 5. The van der Waals surface area contributed by atoms with E-state index < -0.39 is 10.0 Å². The number of hydrogen-bond acceptors (Lipinski definition) is 7. The van der Waals surface area contributed by atoms with Crippen molar-refractivity contribution in [1.82, 2.24) is 9.29 Å². The molecule has 8 nitrogen and oxygen atoms in total. The molecule has 0 radical (unpaired) electrons. The Kier molecular flexibility index (Phi) is 9.00. The van der Waals surface area contributed by atoms with Crippen LogP contribution < -0.4 is 5.32 Å². The minimum atomic E-state index is -3.44. The summed E-state index contributed by atoms with van der Waals surface area (Å²) in [6.07, 6.45) is 2.90. The molecule has 0 atom stereocenters.